The Morgan fingerprint density at radius 3 is 2.21 bits per heavy atom. The zero-order chi connectivity index (χ0) is 32.1. The average Bonchev–Trinajstić information content (AvgIpc) is 2.94. The van der Waals surface area contributed by atoms with Gasteiger partial charge in [0.1, 0.15) is 5.75 Å². The monoisotopic (exact) mass is 604 g/mol. The number of hydrogen-bond acceptors (Lipinski definition) is 5. The van der Waals surface area contributed by atoms with Crippen molar-refractivity contribution < 1.29 is 19.8 Å². The van der Waals surface area contributed by atoms with Crippen LogP contribution in [0.2, 0.25) is 18.1 Å². The lowest BCUT2D eigenvalue weighted by molar-refractivity contribution is 0.0945. The zero-order valence-corrected chi connectivity index (χ0v) is 28.3. The number of phenols is 1. The van der Waals surface area contributed by atoms with Gasteiger partial charge in [0.05, 0.1) is 6.61 Å². The first-order chi connectivity index (χ1) is 19.9. The van der Waals surface area contributed by atoms with E-state index >= 15 is 0 Å². The van der Waals surface area contributed by atoms with E-state index in [0.717, 1.165) is 24.0 Å². The molecule has 5 N–H and O–H groups in total. The van der Waals surface area contributed by atoms with Crippen LogP contribution >= 0.6 is 0 Å². The predicted octanol–water partition coefficient (Wildman–Crippen LogP) is 6.65. The third-order valence-electron chi connectivity index (χ3n) is 9.07. The Kier molecular flexibility index (Phi) is 11.1. The van der Waals surface area contributed by atoms with E-state index in [-0.39, 0.29) is 40.2 Å². The third kappa shape index (κ3) is 9.51. The number of rotatable bonds is 14. The van der Waals surface area contributed by atoms with Crippen LogP contribution in [0.3, 0.4) is 0 Å². The van der Waals surface area contributed by atoms with Gasteiger partial charge in [0, 0.05) is 35.2 Å². The first-order valence-corrected chi connectivity index (χ1v) is 18.2. The fourth-order valence-corrected chi connectivity index (χ4v) is 6.10. The summed E-state index contributed by atoms with van der Waals surface area (Å²) in [5.74, 6) is 0.0628. The van der Waals surface area contributed by atoms with Gasteiger partial charge >= 0.3 is 0 Å². The van der Waals surface area contributed by atoms with Gasteiger partial charge in [-0.2, -0.15) is 0 Å². The van der Waals surface area contributed by atoms with E-state index in [9.17, 15) is 19.8 Å². The largest absolute Gasteiger partial charge is 0.508 e. The van der Waals surface area contributed by atoms with Gasteiger partial charge in [0.15, 0.2) is 8.32 Å². The van der Waals surface area contributed by atoms with Gasteiger partial charge in [0.2, 0.25) is 0 Å². The molecule has 1 atom stereocenters. The van der Waals surface area contributed by atoms with Crippen LogP contribution < -0.4 is 10.6 Å². The molecule has 3 aromatic carbocycles. The average molecular weight is 605 g/mol. The Balaban J connectivity index is 1.72. The summed E-state index contributed by atoms with van der Waals surface area (Å²) in [6.45, 7) is 17.7. The summed E-state index contributed by atoms with van der Waals surface area (Å²) in [6, 6.07) is 23.5. The molecule has 7 heteroatoms. The molecule has 0 bridgehead atoms. The van der Waals surface area contributed by atoms with Crippen LogP contribution in [0.15, 0.2) is 72.8 Å². The molecular weight excluding hydrogens is 552 g/mol. The minimum atomic E-state index is -2.47. The van der Waals surface area contributed by atoms with Crippen molar-refractivity contribution in [2.75, 3.05) is 13.1 Å². The van der Waals surface area contributed by atoms with E-state index in [1.807, 2.05) is 61.6 Å². The standard InChI is InChI=1S/C36H52N2O4Si/c1-34(2,31-15-10-9-11-16-31)25-37-33(41)28-14-12-13-26(19-28)21-35(3,4)38-23-30(22-36(5,6)43(7,8)42)27-17-18-32(40)29(20-27)24-39/h9-20,30,38-40,42H,21-25H2,1-8H3,(H,37,41)/t30-/m0/s1. The minimum absolute atomic E-state index is 0.0594. The van der Waals surface area contributed by atoms with Crippen LogP contribution in [0.4, 0.5) is 0 Å². The van der Waals surface area contributed by atoms with Crippen LogP contribution in [0.1, 0.15) is 86.5 Å². The molecule has 0 saturated carbocycles. The Bertz CT molecular complexity index is 1360. The third-order valence-corrected chi connectivity index (χ3v) is 12.6. The number of carbonyl (C=O) groups excluding carboxylic acids is 1. The highest BCUT2D eigenvalue weighted by Crippen LogP contribution is 2.44. The maximum Gasteiger partial charge on any atom is 0.251 e. The lowest BCUT2D eigenvalue weighted by Crippen LogP contribution is -2.45. The van der Waals surface area contributed by atoms with Crippen LogP contribution in [0.25, 0.3) is 0 Å². The highest BCUT2D eigenvalue weighted by atomic mass is 28.4. The van der Waals surface area contributed by atoms with Gasteiger partial charge in [-0.3, -0.25) is 4.79 Å². The number of benzene rings is 3. The SMILES string of the molecule is CC(C)(Cc1cccc(C(=O)NCC(C)(C)c2ccccc2)c1)NC[C@H](CC(C)(C)[Si](C)(C)O)c1ccc(O)c(CO)c1. The lowest BCUT2D eigenvalue weighted by atomic mass is 9.84. The number of aliphatic hydroxyl groups is 1. The summed E-state index contributed by atoms with van der Waals surface area (Å²) < 4.78 is 0. The Labute approximate surface area is 259 Å². The normalized spacial score (nSPS) is 13.5. The van der Waals surface area contributed by atoms with Crippen molar-refractivity contribution >= 4 is 14.2 Å². The van der Waals surface area contributed by atoms with E-state index in [4.69, 9.17) is 0 Å². The summed E-state index contributed by atoms with van der Waals surface area (Å²) in [5.41, 5.74) is 3.96. The van der Waals surface area contributed by atoms with E-state index in [0.29, 0.717) is 24.2 Å². The van der Waals surface area contributed by atoms with Gasteiger partial charge in [-0.25, -0.2) is 0 Å². The van der Waals surface area contributed by atoms with E-state index in [1.165, 1.54) is 5.56 Å². The molecule has 234 valence electrons. The first kappa shape index (κ1) is 34.5. The second kappa shape index (κ2) is 13.8. The molecule has 6 nitrogen and oxygen atoms in total. The molecular formula is C36H52N2O4Si. The van der Waals surface area contributed by atoms with Gasteiger partial charge in [-0.05, 0) is 91.7 Å². The summed E-state index contributed by atoms with van der Waals surface area (Å²) in [5, 5.41) is 26.5. The predicted molar refractivity (Wildman–Crippen MR) is 179 cm³/mol. The molecule has 0 unspecified atom stereocenters. The lowest BCUT2D eigenvalue weighted by Gasteiger charge is -2.39. The molecule has 0 aliphatic carbocycles. The Morgan fingerprint density at radius 1 is 0.907 bits per heavy atom. The second-order valence-corrected chi connectivity index (χ2v) is 18.9. The van der Waals surface area contributed by atoms with Crippen molar-refractivity contribution in [1.29, 1.82) is 0 Å². The van der Waals surface area contributed by atoms with E-state index < -0.39 is 8.32 Å². The maximum atomic E-state index is 13.1. The quantitative estimate of drug-likeness (QED) is 0.133. The molecule has 0 aliphatic heterocycles. The molecule has 0 spiro atoms. The zero-order valence-electron chi connectivity index (χ0n) is 27.3. The molecule has 0 aliphatic rings. The number of nitrogens with one attached hydrogen (secondary N) is 2. The van der Waals surface area contributed by atoms with Crippen molar-refractivity contribution in [2.24, 2.45) is 0 Å². The van der Waals surface area contributed by atoms with E-state index in [1.54, 1.807) is 6.07 Å². The highest BCUT2D eigenvalue weighted by molar-refractivity contribution is 6.72. The van der Waals surface area contributed by atoms with Gasteiger partial charge in [0.25, 0.3) is 5.91 Å². The molecule has 1 amide bonds. The number of hydrogen-bond donors (Lipinski definition) is 5. The Morgan fingerprint density at radius 2 is 1.58 bits per heavy atom. The molecule has 43 heavy (non-hydrogen) atoms. The summed E-state index contributed by atoms with van der Waals surface area (Å²) in [7, 11) is -2.47. The number of carbonyl (C=O) groups is 1. The van der Waals surface area contributed by atoms with Crippen molar-refractivity contribution in [2.45, 2.75) is 96.0 Å². The first-order valence-electron chi connectivity index (χ1n) is 15.3. The molecule has 0 heterocycles. The highest BCUT2D eigenvalue weighted by Gasteiger charge is 2.40. The molecule has 0 radical (unpaired) electrons. The number of aliphatic hydroxyl groups excluding tert-OH is 1. The Hall–Kier alpha value is -2.97. The topological polar surface area (TPSA) is 102 Å². The van der Waals surface area contributed by atoms with Crippen LogP contribution in [-0.4, -0.2) is 47.9 Å². The summed E-state index contributed by atoms with van der Waals surface area (Å²) >= 11 is 0. The van der Waals surface area contributed by atoms with Crippen molar-refractivity contribution in [1.82, 2.24) is 10.6 Å². The van der Waals surface area contributed by atoms with Gasteiger partial charge in [-0.1, -0.05) is 76.2 Å². The smallest absolute Gasteiger partial charge is 0.251 e. The van der Waals surface area contributed by atoms with Crippen LogP contribution in [0, 0.1) is 0 Å². The summed E-state index contributed by atoms with van der Waals surface area (Å²) in [4.78, 5) is 24.1. The molecule has 3 aromatic rings. The molecule has 0 fully saturated rings. The molecule has 3 rings (SSSR count). The fraction of sp³-hybridized carbons (Fsp3) is 0.472. The van der Waals surface area contributed by atoms with E-state index in [2.05, 4.69) is 70.4 Å². The van der Waals surface area contributed by atoms with Crippen molar-refractivity contribution in [3.05, 3.63) is 101 Å². The molecule has 0 aromatic heterocycles. The number of amides is 1. The minimum Gasteiger partial charge on any atom is -0.508 e. The van der Waals surface area contributed by atoms with Gasteiger partial charge < -0.3 is 25.6 Å². The van der Waals surface area contributed by atoms with Crippen LogP contribution in [-0.2, 0) is 18.4 Å². The van der Waals surface area contributed by atoms with Crippen molar-refractivity contribution in [3.63, 3.8) is 0 Å². The number of aromatic hydroxyl groups is 1. The second-order valence-electron chi connectivity index (χ2n) is 14.5. The van der Waals surface area contributed by atoms with Gasteiger partial charge in [-0.15, -0.1) is 0 Å². The maximum absolute atomic E-state index is 13.1. The fourth-order valence-electron chi connectivity index (χ4n) is 5.35. The summed E-state index contributed by atoms with van der Waals surface area (Å²) in [6.07, 6.45) is 1.48. The molecule has 0 saturated heterocycles. The van der Waals surface area contributed by atoms with Crippen LogP contribution in [0.5, 0.6) is 5.75 Å². The van der Waals surface area contributed by atoms with Crippen molar-refractivity contribution in [3.8, 4) is 5.75 Å².